The third-order valence-corrected chi connectivity index (χ3v) is 2.57. The first-order valence-corrected chi connectivity index (χ1v) is 4.34. The SMILES string of the molecule is N=C(N)c1[c]sc2ccccc12. The van der Waals surface area contributed by atoms with Gasteiger partial charge < -0.3 is 5.73 Å². The number of nitrogen functional groups attached to an aromatic ring is 1. The summed E-state index contributed by atoms with van der Waals surface area (Å²) < 4.78 is 1.13. The molecule has 1 aromatic heterocycles. The molecule has 59 valence electrons. The van der Waals surface area contributed by atoms with Gasteiger partial charge in [-0.05, 0) is 6.07 Å². The number of benzene rings is 1. The summed E-state index contributed by atoms with van der Waals surface area (Å²) in [6.45, 7) is 0. The fourth-order valence-corrected chi connectivity index (χ4v) is 1.98. The lowest BCUT2D eigenvalue weighted by Gasteiger charge is -1.92. The fourth-order valence-electron chi connectivity index (χ4n) is 1.12. The van der Waals surface area contributed by atoms with Gasteiger partial charge in [-0.2, -0.15) is 0 Å². The molecular formula is C9H7N2S. The maximum absolute atomic E-state index is 7.29. The van der Waals surface area contributed by atoms with Gasteiger partial charge in [-0.15, -0.1) is 11.3 Å². The largest absolute Gasteiger partial charge is 0.384 e. The number of hydrogen-bond donors (Lipinski definition) is 2. The van der Waals surface area contributed by atoms with E-state index >= 15 is 0 Å². The van der Waals surface area contributed by atoms with Crippen LogP contribution in [0.4, 0.5) is 0 Å². The molecule has 0 aliphatic rings. The quantitative estimate of drug-likeness (QED) is 0.505. The minimum Gasteiger partial charge on any atom is -0.384 e. The summed E-state index contributed by atoms with van der Waals surface area (Å²) in [5.41, 5.74) is 6.10. The van der Waals surface area contributed by atoms with E-state index in [9.17, 15) is 0 Å². The number of nitrogens with two attached hydrogens (primary N) is 1. The molecule has 0 fully saturated rings. The zero-order valence-electron chi connectivity index (χ0n) is 6.29. The van der Waals surface area contributed by atoms with Crippen molar-refractivity contribution in [3.63, 3.8) is 0 Å². The van der Waals surface area contributed by atoms with Gasteiger partial charge in [-0.25, -0.2) is 0 Å². The van der Waals surface area contributed by atoms with E-state index < -0.39 is 0 Å². The summed E-state index contributed by atoms with van der Waals surface area (Å²) >= 11 is 1.50. The Hall–Kier alpha value is -1.35. The molecular weight excluding hydrogens is 168 g/mol. The highest BCUT2D eigenvalue weighted by Crippen LogP contribution is 2.24. The molecule has 0 aliphatic heterocycles. The Kier molecular flexibility index (Phi) is 1.59. The van der Waals surface area contributed by atoms with E-state index in [1.165, 1.54) is 11.3 Å². The van der Waals surface area contributed by atoms with E-state index in [1.54, 1.807) is 0 Å². The maximum Gasteiger partial charge on any atom is 0.124 e. The molecule has 0 saturated carbocycles. The van der Waals surface area contributed by atoms with Crippen molar-refractivity contribution in [3.8, 4) is 0 Å². The lowest BCUT2D eigenvalue weighted by Crippen LogP contribution is -2.09. The average molecular weight is 175 g/mol. The standard InChI is InChI=1S/C9H7N2S/c10-9(11)7-5-12-8-4-2-1-3-6(7)8/h1-4H,(H3,10,11). The molecule has 1 heterocycles. The molecule has 2 rings (SSSR count). The van der Waals surface area contributed by atoms with Crippen molar-refractivity contribution in [1.29, 1.82) is 5.41 Å². The molecule has 1 aromatic carbocycles. The predicted molar refractivity (Wildman–Crippen MR) is 51.7 cm³/mol. The second-order valence-corrected chi connectivity index (χ2v) is 3.34. The van der Waals surface area contributed by atoms with Crippen molar-refractivity contribution in [2.75, 3.05) is 0 Å². The Morgan fingerprint density at radius 3 is 2.92 bits per heavy atom. The van der Waals surface area contributed by atoms with Crippen LogP contribution in [0.15, 0.2) is 24.3 Å². The van der Waals surface area contributed by atoms with Crippen LogP contribution in [0.1, 0.15) is 5.56 Å². The van der Waals surface area contributed by atoms with E-state index in [0.717, 1.165) is 15.6 Å². The van der Waals surface area contributed by atoms with Crippen molar-refractivity contribution < 1.29 is 0 Å². The molecule has 3 heteroatoms. The molecule has 3 N–H and O–H groups in total. The van der Waals surface area contributed by atoms with E-state index in [2.05, 4.69) is 5.38 Å². The Labute approximate surface area is 74.1 Å². The Bertz CT molecular complexity index is 431. The lowest BCUT2D eigenvalue weighted by atomic mass is 10.2. The van der Waals surface area contributed by atoms with E-state index in [0.29, 0.717) is 0 Å². The van der Waals surface area contributed by atoms with Crippen molar-refractivity contribution in [1.82, 2.24) is 0 Å². The van der Waals surface area contributed by atoms with Gasteiger partial charge in [0.15, 0.2) is 0 Å². The zero-order valence-corrected chi connectivity index (χ0v) is 7.11. The van der Waals surface area contributed by atoms with Crippen LogP contribution in [0, 0.1) is 10.8 Å². The number of amidine groups is 1. The predicted octanol–water partition coefficient (Wildman–Crippen LogP) is 1.99. The van der Waals surface area contributed by atoms with Gasteiger partial charge in [-0.1, -0.05) is 18.2 Å². The Morgan fingerprint density at radius 2 is 2.17 bits per heavy atom. The third-order valence-electron chi connectivity index (χ3n) is 1.69. The van der Waals surface area contributed by atoms with Gasteiger partial charge in [0, 0.05) is 15.6 Å². The van der Waals surface area contributed by atoms with E-state index in [-0.39, 0.29) is 5.84 Å². The summed E-state index contributed by atoms with van der Waals surface area (Å²) in [4.78, 5) is 0. The number of thiophene rings is 1. The van der Waals surface area contributed by atoms with Crippen LogP contribution in [0.2, 0.25) is 0 Å². The van der Waals surface area contributed by atoms with E-state index in [1.807, 2.05) is 24.3 Å². The first-order valence-electron chi connectivity index (χ1n) is 3.52. The highest BCUT2D eigenvalue weighted by molar-refractivity contribution is 7.17. The van der Waals surface area contributed by atoms with Crippen LogP contribution >= 0.6 is 11.3 Å². The first-order chi connectivity index (χ1) is 5.79. The van der Waals surface area contributed by atoms with Gasteiger partial charge in [-0.3, -0.25) is 5.41 Å². The van der Waals surface area contributed by atoms with Gasteiger partial charge in [0.25, 0.3) is 0 Å². The van der Waals surface area contributed by atoms with Crippen LogP contribution in [-0.2, 0) is 0 Å². The number of hydrogen-bond acceptors (Lipinski definition) is 2. The van der Waals surface area contributed by atoms with Gasteiger partial charge in [0.1, 0.15) is 5.84 Å². The molecule has 2 aromatic rings. The second-order valence-electron chi connectivity index (χ2n) is 2.49. The molecule has 0 unspecified atom stereocenters. The molecule has 0 atom stereocenters. The topological polar surface area (TPSA) is 49.9 Å². The molecule has 0 bridgehead atoms. The van der Waals surface area contributed by atoms with Crippen LogP contribution < -0.4 is 5.73 Å². The van der Waals surface area contributed by atoms with Gasteiger partial charge >= 0.3 is 0 Å². The Balaban J connectivity index is 2.79. The fraction of sp³-hybridized carbons (Fsp3) is 0. The third kappa shape index (κ3) is 0.987. The molecule has 12 heavy (non-hydrogen) atoms. The van der Waals surface area contributed by atoms with Crippen molar-refractivity contribution in [2.45, 2.75) is 0 Å². The zero-order chi connectivity index (χ0) is 8.55. The second kappa shape index (κ2) is 2.60. The van der Waals surface area contributed by atoms with Crippen LogP contribution in [0.3, 0.4) is 0 Å². The molecule has 0 amide bonds. The summed E-state index contributed by atoms with van der Waals surface area (Å²) in [5.74, 6) is 0.0902. The summed E-state index contributed by atoms with van der Waals surface area (Å²) in [5, 5.41) is 11.3. The number of rotatable bonds is 1. The van der Waals surface area contributed by atoms with Gasteiger partial charge in [0.2, 0.25) is 0 Å². The lowest BCUT2D eigenvalue weighted by molar-refractivity contribution is 1.45. The molecule has 0 saturated heterocycles. The van der Waals surface area contributed by atoms with E-state index in [4.69, 9.17) is 11.1 Å². The average Bonchev–Trinajstić information content (AvgIpc) is 2.47. The first kappa shape index (κ1) is 7.31. The van der Waals surface area contributed by atoms with Crippen molar-refractivity contribution in [2.24, 2.45) is 5.73 Å². The van der Waals surface area contributed by atoms with Crippen LogP contribution in [0.5, 0.6) is 0 Å². The normalized spacial score (nSPS) is 10.3. The molecule has 0 aliphatic carbocycles. The smallest absolute Gasteiger partial charge is 0.124 e. The van der Waals surface area contributed by atoms with Crippen molar-refractivity contribution in [3.05, 3.63) is 35.2 Å². The summed E-state index contributed by atoms with van der Waals surface area (Å²) in [7, 11) is 0. The number of nitrogens with one attached hydrogen (secondary N) is 1. The molecule has 0 spiro atoms. The van der Waals surface area contributed by atoms with Crippen LogP contribution in [-0.4, -0.2) is 5.84 Å². The minimum atomic E-state index is 0.0902. The monoisotopic (exact) mass is 175 g/mol. The number of fused-ring (bicyclic) bond motifs is 1. The Morgan fingerprint density at radius 1 is 1.42 bits per heavy atom. The van der Waals surface area contributed by atoms with Gasteiger partial charge in [0.05, 0.1) is 5.38 Å². The maximum atomic E-state index is 7.29. The van der Waals surface area contributed by atoms with Crippen molar-refractivity contribution >= 4 is 27.3 Å². The minimum absolute atomic E-state index is 0.0902. The highest BCUT2D eigenvalue weighted by Gasteiger charge is 2.04. The molecule has 2 nitrogen and oxygen atoms in total. The van der Waals surface area contributed by atoms with Crippen LogP contribution in [0.25, 0.3) is 10.1 Å². The summed E-state index contributed by atoms with van der Waals surface area (Å²) in [6.07, 6.45) is 0. The molecule has 1 radical (unpaired) electrons. The highest BCUT2D eigenvalue weighted by atomic mass is 32.1. The summed E-state index contributed by atoms with van der Waals surface area (Å²) in [6, 6.07) is 7.87.